The van der Waals surface area contributed by atoms with Crippen LogP contribution in [0.3, 0.4) is 0 Å². The summed E-state index contributed by atoms with van der Waals surface area (Å²) in [5, 5.41) is 11.3. The minimum absolute atomic E-state index is 0.451. The average molecular weight is 351 g/mol. The lowest BCUT2D eigenvalue weighted by Gasteiger charge is -2.38. The molecule has 0 radical (unpaired) electrons. The van der Waals surface area contributed by atoms with Gasteiger partial charge in [0, 0.05) is 51.0 Å². The Morgan fingerprint density at radius 2 is 2.24 bits per heavy atom. The number of nitrogens with one attached hydrogen (secondary N) is 2. The molecule has 0 saturated carbocycles. The van der Waals surface area contributed by atoms with E-state index in [0.29, 0.717) is 12.1 Å². The molecule has 1 aliphatic heterocycles. The minimum Gasteiger partial charge on any atom is -0.379 e. The number of guanidine groups is 1. The second-order valence-electron chi connectivity index (χ2n) is 6.89. The summed E-state index contributed by atoms with van der Waals surface area (Å²) in [5.41, 5.74) is 2.29. The summed E-state index contributed by atoms with van der Waals surface area (Å²) in [7, 11) is 1.82. The van der Waals surface area contributed by atoms with Gasteiger partial charge in [-0.2, -0.15) is 5.10 Å². The van der Waals surface area contributed by atoms with Gasteiger partial charge in [-0.15, -0.1) is 0 Å². The lowest BCUT2D eigenvalue weighted by atomic mass is 10.2. The first-order valence-corrected chi connectivity index (χ1v) is 9.30. The van der Waals surface area contributed by atoms with Crippen LogP contribution in [0.2, 0.25) is 0 Å². The number of aromatic nitrogens is 2. The highest BCUT2D eigenvalue weighted by atomic mass is 16.5. The average Bonchev–Trinajstić information content (AvgIpc) is 2.91. The molecule has 2 N–H and O–H groups in total. The number of hydrogen-bond donors (Lipinski definition) is 2. The fourth-order valence-electron chi connectivity index (χ4n) is 3.31. The number of ether oxygens (including phenoxy) is 1. The molecule has 7 nitrogen and oxygen atoms in total. The van der Waals surface area contributed by atoms with Crippen molar-refractivity contribution in [2.24, 2.45) is 4.99 Å². The molecular weight excluding hydrogens is 316 g/mol. The third-order valence-electron chi connectivity index (χ3n) is 4.72. The second kappa shape index (κ2) is 9.77. The summed E-state index contributed by atoms with van der Waals surface area (Å²) in [6.07, 6.45) is 1.01. The first-order chi connectivity index (χ1) is 12.0. The molecule has 2 unspecified atom stereocenters. The van der Waals surface area contributed by atoms with Gasteiger partial charge in [0.2, 0.25) is 0 Å². The number of morpholine rings is 1. The summed E-state index contributed by atoms with van der Waals surface area (Å²) < 4.78 is 7.58. The van der Waals surface area contributed by atoms with E-state index in [4.69, 9.17) is 4.74 Å². The summed E-state index contributed by atoms with van der Waals surface area (Å²) in [6, 6.07) is 3.04. The Bertz CT molecular complexity index is 556. The number of aryl methyl sites for hydroxylation is 3. The molecule has 1 saturated heterocycles. The van der Waals surface area contributed by atoms with Crippen LogP contribution in [0.15, 0.2) is 11.1 Å². The molecule has 0 bridgehead atoms. The van der Waals surface area contributed by atoms with Crippen LogP contribution in [0.4, 0.5) is 0 Å². The lowest BCUT2D eigenvalue weighted by Crippen LogP contribution is -2.53. The molecule has 2 atom stereocenters. The monoisotopic (exact) mass is 350 g/mol. The van der Waals surface area contributed by atoms with Crippen LogP contribution in [0.1, 0.15) is 31.7 Å². The van der Waals surface area contributed by atoms with E-state index >= 15 is 0 Å². The Kier molecular flexibility index (Phi) is 7.71. The topological polar surface area (TPSA) is 66.7 Å². The molecule has 0 aromatic carbocycles. The molecule has 2 heterocycles. The van der Waals surface area contributed by atoms with Gasteiger partial charge in [-0.05, 0) is 40.2 Å². The Morgan fingerprint density at radius 3 is 2.88 bits per heavy atom. The van der Waals surface area contributed by atoms with E-state index in [1.165, 1.54) is 5.69 Å². The Labute approximate surface area is 151 Å². The van der Waals surface area contributed by atoms with Crippen LogP contribution in [0.25, 0.3) is 0 Å². The van der Waals surface area contributed by atoms with Crippen molar-refractivity contribution in [3.8, 4) is 0 Å². The van der Waals surface area contributed by atoms with Crippen LogP contribution in [-0.2, 0) is 11.3 Å². The molecule has 7 heteroatoms. The summed E-state index contributed by atoms with van der Waals surface area (Å²) in [6.45, 7) is 13.9. The zero-order chi connectivity index (χ0) is 18.2. The zero-order valence-electron chi connectivity index (χ0n) is 16.4. The number of hydrogen-bond acceptors (Lipinski definition) is 4. The van der Waals surface area contributed by atoms with Gasteiger partial charge in [0.25, 0.3) is 0 Å². The Balaban J connectivity index is 1.67. The summed E-state index contributed by atoms with van der Waals surface area (Å²) in [5.74, 6) is 0.862. The molecule has 2 rings (SSSR count). The molecule has 1 aromatic rings. The number of aliphatic imine (C=N–C) groups is 1. The van der Waals surface area contributed by atoms with E-state index in [-0.39, 0.29) is 0 Å². The molecule has 0 aliphatic carbocycles. The van der Waals surface area contributed by atoms with Crippen molar-refractivity contribution in [2.45, 2.75) is 52.7 Å². The van der Waals surface area contributed by atoms with Gasteiger partial charge in [0.15, 0.2) is 5.96 Å². The third kappa shape index (κ3) is 6.01. The lowest BCUT2D eigenvalue weighted by molar-refractivity contribution is -0.0174. The van der Waals surface area contributed by atoms with Crippen LogP contribution in [0.5, 0.6) is 0 Å². The van der Waals surface area contributed by atoms with Gasteiger partial charge in [0.1, 0.15) is 0 Å². The van der Waals surface area contributed by atoms with Crippen molar-refractivity contribution in [3.05, 3.63) is 17.5 Å². The van der Waals surface area contributed by atoms with Crippen molar-refractivity contribution < 1.29 is 4.74 Å². The minimum atomic E-state index is 0.451. The summed E-state index contributed by atoms with van der Waals surface area (Å²) >= 11 is 0. The van der Waals surface area contributed by atoms with E-state index in [1.54, 1.807) is 0 Å². The van der Waals surface area contributed by atoms with Crippen LogP contribution >= 0.6 is 0 Å². The van der Waals surface area contributed by atoms with Gasteiger partial charge >= 0.3 is 0 Å². The first-order valence-electron chi connectivity index (χ1n) is 9.30. The highest BCUT2D eigenvalue weighted by molar-refractivity contribution is 5.79. The molecule has 1 aromatic heterocycles. The van der Waals surface area contributed by atoms with Gasteiger partial charge in [-0.25, -0.2) is 0 Å². The largest absolute Gasteiger partial charge is 0.379 e. The standard InChI is InChI=1S/C18H34N6O/c1-14-11-15(2)24(22-14)8-6-7-20-18(19-5)21-12-16(3)23-9-10-25-13-17(23)4/h11,16-17H,6-10,12-13H2,1-5H3,(H2,19,20,21). The maximum Gasteiger partial charge on any atom is 0.191 e. The number of rotatable bonds is 7. The van der Waals surface area contributed by atoms with Crippen molar-refractivity contribution in [3.63, 3.8) is 0 Å². The quantitative estimate of drug-likeness (QED) is 0.439. The zero-order valence-corrected chi connectivity index (χ0v) is 16.4. The molecule has 142 valence electrons. The van der Waals surface area contributed by atoms with Crippen LogP contribution < -0.4 is 10.6 Å². The summed E-state index contributed by atoms with van der Waals surface area (Å²) in [4.78, 5) is 6.81. The predicted molar refractivity (Wildman–Crippen MR) is 102 cm³/mol. The van der Waals surface area contributed by atoms with Gasteiger partial charge < -0.3 is 15.4 Å². The van der Waals surface area contributed by atoms with Crippen molar-refractivity contribution >= 4 is 5.96 Å². The molecular formula is C18H34N6O. The second-order valence-corrected chi connectivity index (χ2v) is 6.89. The maximum absolute atomic E-state index is 5.52. The fraction of sp³-hybridized carbons (Fsp3) is 0.778. The van der Waals surface area contributed by atoms with Crippen LogP contribution in [-0.4, -0.2) is 72.6 Å². The molecule has 1 aliphatic rings. The Morgan fingerprint density at radius 1 is 1.44 bits per heavy atom. The molecule has 0 amide bonds. The fourth-order valence-corrected chi connectivity index (χ4v) is 3.31. The number of nitrogens with zero attached hydrogens (tertiary/aromatic N) is 4. The van der Waals surface area contributed by atoms with Crippen molar-refractivity contribution in [2.75, 3.05) is 39.9 Å². The van der Waals surface area contributed by atoms with Crippen molar-refractivity contribution in [1.29, 1.82) is 0 Å². The van der Waals surface area contributed by atoms with E-state index in [1.807, 2.05) is 14.0 Å². The van der Waals surface area contributed by atoms with E-state index in [0.717, 1.165) is 57.5 Å². The van der Waals surface area contributed by atoms with Gasteiger partial charge in [0.05, 0.1) is 18.9 Å². The predicted octanol–water partition coefficient (Wildman–Crippen LogP) is 1.16. The highest BCUT2D eigenvalue weighted by Gasteiger charge is 2.23. The van der Waals surface area contributed by atoms with Crippen molar-refractivity contribution in [1.82, 2.24) is 25.3 Å². The molecule has 0 spiro atoms. The van der Waals surface area contributed by atoms with Gasteiger partial charge in [-0.1, -0.05) is 0 Å². The SMILES string of the molecule is CN=C(NCCCn1nc(C)cc1C)NCC(C)N1CCOCC1C. The molecule has 1 fully saturated rings. The third-order valence-corrected chi connectivity index (χ3v) is 4.72. The van der Waals surface area contributed by atoms with E-state index < -0.39 is 0 Å². The highest BCUT2D eigenvalue weighted by Crippen LogP contribution is 2.10. The Hall–Kier alpha value is -1.60. The maximum atomic E-state index is 5.52. The molecule has 25 heavy (non-hydrogen) atoms. The normalized spacial score (nSPS) is 20.5. The smallest absolute Gasteiger partial charge is 0.191 e. The van der Waals surface area contributed by atoms with E-state index in [2.05, 4.69) is 57.1 Å². The van der Waals surface area contributed by atoms with Crippen LogP contribution in [0, 0.1) is 13.8 Å². The van der Waals surface area contributed by atoms with E-state index in [9.17, 15) is 0 Å². The first kappa shape index (κ1) is 19.7. The van der Waals surface area contributed by atoms with Gasteiger partial charge in [-0.3, -0.25) is 14.6 Å².